The third-order valence-electron chi connectivity index (χ3n) is 7.90. The number of ether oxygens (including phenoxy) is 1. The first-order chi connectivity index (χ1) is 22.6. The van der Waals surface area contributed by atoms with Gasteiger partial charge in [0.1, 0.15) is 18.0 Å². The van der Waals surface area contributed by atoms with E-state index in [1.807, 2.05) is 57.2 Å². The predicted octanol–water partition coefficient (Wildman–Crippen LogP) is 3.08. The standard InChI is InChI=1S/C32H38N8O6S/c1-4-23-38-31(46-39-23)28-26(41)27(42)32(45-28)40-18-34-25-29(36-24(37-30(25)40)16-35-47(43,44)17-19(2)3)33-15-22(20-11-7-5-8-12-20)21-13-9-6-10-14-21/h5-14,18-19,22,26-28,32,35,41-42H,4,15-17H2,1-3H3,(H,33,36,37). The van der Waals surface area contributed by atoms with E-state index in [0.29, 0.717) is 30.1 Å². The van der Waals surface area contributed by atoms with E-state index in [4.69, 9.17) is 9.26 Å². The zero-order chi connectivity index (χ0) is 33.1. The Morgan fingerprint density at radius 3 is 2.23 bits per heavy atom. The summed E-state index contributed by atoms with van der Waals surface area (Å²) in [6.07, 6.45) is -3.00. The van der Waals surface area contributed by atoms with Crippen LogP contribution in [0.15, 0.2) is 71.5 Å². The second kappa shape index (κ2) is 13.8. The Morgan fingerprint density at radius 2 is 1.62 bits per heavy atom. The highest BCUT2D eigenvalue weighted by atomic mass is 32.2. The molecule has 0 spiro atoms. The van der Waals surface area contributed by atoms with E-state index in [0.717, 1.165) is 11.1 Å². The molecule has 6 rings (SSSR count). The SMILES string of the molecule is CCc1noc(C2OC(n3cnc4c(NCC(c5ccccc5)c5ccccc5)nc(CNS(=O)(=O)CC(C)C)nc43)C(O)C2O)n1. The van der Waals surface area contributed by atoms with E-state index >= 15 is 0 Å². The fourth-order valence-electron chi connectivity index (χ4n) is 5.64. The van der Waals surface area contributed by atoms with Crippen molar-refractivity contribution in [3.63, 3.8) is 0 Å². The van der Waals surface area contributed by atoms with Crippen molar-refractivity contribution in [2.75, 3.05) is 17.6 Å². The van der Waals surface area contributed by atoms with Gasteiger partial charge in [0.15, 0.2) is 35.1 Å². The molecule has 4 N–H and O–H groups in total. The van der Waals surface area contributed by atoms with Gasteiger partial charge in [0.2, 0.25) is 10.0 Å². The van der Waals surface area contributed by atoms with Gasteiger partial charge in [-0.3, -0.25) is 4.57 Å². The number of benzene rings is 2. The number of imidazole rings is 1. The lowest BCUT2D eigenvalue weighted by atomic mass is 9.91. The zero-order valence-corrected chi connectivity index (χ0v) is 27.1. The highest BCUT2D eigenvalue weighted by Gasteiger charge is 2.47. The second-order valence-corrected chi connectivity index (χ2v) is 13.7. The number of hydrogen-bond donors (Lipinski definition) is 4. The fourth-order valence-corrected chi connectivity index (χ4v) is 6.98. The average Bonchev–Trinajstić information content (AvgIpc) is 3.78. The first-order valence-corrected chi connectivity index (χ1v) is 17.2. The summed E-state index contributed by atoms with van der Waals surface area (Å²) >= 11 is 0. The van der Waals surface area contributed by atoms with Crippen LogP contribution in [0.25, 0.3) is 11.2 Å². The maximum absolute atomic E-state index is 12.7. The van der Waals surface area contributed by atoms with Crippen LogP contribution in [0, 0.1) is 5.92 Å². The van der Waals surface area contributed by atoms with Crippen molar-refractivity contribution in [1.82, 2.24) is 34.4 Å². The number of nitrogens with one attached hydrogen (secondary N) is 2. The minimum atomic E-state index is -3.60. The Balaban J connectivity index is 1.35. The summed E-state index contributed by atoms with van der Waals surface area (Å²) in [7, 11) is -3.60. The normalized spacial score (nSPS) is 20.1. The molecule has 4 atom stereocenters. The molecule has 4 heterocycles. The largest absolute Gasteiger partial charge is 0.387 e. The Kier molecular flexibility index (Phi) is 9.61. The number of aromatic nitrogens is 6. The van der Waals surface area contributed by atoms with Gasteiger partial charge >= 0.3 is 0 Å². The fraction of sp³-hybridized carbons (Fsp3) is 0.406. The van der Waals surface area contributed by atoms with Gasteiger partial charge < -0.3 is 24.8 Å². The van der Waals surface area contributed by atoms with Crippen molar-refractivity contribution >= 4 is 27.0 Å². The number of nitrogens with zero attached hydrogens (tertiary/aromatic N) is 6. The minimum absolute atomic E-state index is 0.0456. The van der Waals surface area contributed by atoms with Crippen molar-refractivity contribution in [2.24, 2.45) is 5.92 Å². The smallest absolute Gasteiger partial charge is 0.258 e. The maximum atomic E-state index is 12.7. The third kappa shape index (κ3) is 7.18. The lowest BCUT2D eigenvalue weighted by molar-refractivity contribution is -0.0451. The number of fused-ring (bicyclic) bond motifs is 1. The molecule has 0 radical (unpaired) electrons. The van der Waals surface area contributed by atoms with Crippen LogP contribution in [0.5, 0.6) is 0 Å². The number of sulfonamides is 1. The lowest BCUT2D eigenvalue weighted by Crippen LogP contribution is -2.30. The zero-order valence-electron chi connectivity index (χ0n) is 26.3. The number of hydrogen-bond acceptors (Lipinski definition) is 12. The molecule has 1 fully saturated rings. The highest BCUT2D eigenvalue weighted by molar-refractivity contribution is 7.89. The Hall–Kier alpha value is -4.28. The number of rotatable bonds is 13. The molecular formula is C32H38N8O6S. The van der Waals surface area contributed by atoms with Gasteiger partial charge in [-0.15, -0.1) is 0 Å². The quantitative estimate of drug-likeness (QED) is 0.144. The Bertz CT molecular complexity index is 1860. The van der Waals surface area contributed by atoms with Crippen molar-refractivity contribution in [1.29, 1.82) is 0 Å². The van der Waals surface area contributed by atoms with E-state index in [2.05, 4.69) is 59.4 Å². The number of anilines is 1. The first kappa shape index (κ1) is 32.7. The van der Waals surface area contributed by atoms with Crippen LogP contribution in [0.2, 0.25) is 0 Å². The third-order valence-corrected chi connectivity index (χ3v) is 9.59. The van der Waals surface area contributed by atoms with Crippen LogP contribution in [0.1, 0.15) is 67.7 Å². The molecule has 0 aliphatic carbocycles. The maximum Gasteiger partial charge on any atom is 0.258 e. The van der Waals surface area contributed by atoms with E-state index in [1.165, 1.54) is 10.9 Å². The van der Waals surface area contributed by atoms with Crippen LogP contribution < -0.4 is 10.0 Å². The Morgan fingerprint density at radius 1 is 0.936 bits per heavy atom. The summed E-state index contributed by atoms with van der Waals surface area (Å²) in [5.74, 6) is 0.873. The molecule has 0 saturated carbocycles. The average molecular weight is 663 g/mol. The van der Waals surface area contributed by atoms with E-state index in [9.17, 15) is 18.6 Å². The van der Waals surface area contributed by atoms with Gasteiger partial charge in [-0.25, -0.2) is 28.1 Å². The lowest BCUT2D eigenvalue weighted by Gasteiger charge is -2.20. The topological polar surface area (TPSA) is 190 Å². The molecule has 47 heavy (non-hydrogen) atoms. The molecule has 14 nitrogen and oxygen atoms in total. The first-order valence-electron chi connectivity index (χ1n) is 15.5. The van der Waals surface area contributed by atoms with Gasteiger partial charge in [0.25, 0.3) is 5.89 Å². The van der Waals surface area contributed by atoms with Crippen LogP contribution in [-0.4, -0.2) is 72.8 Å². The molecule has 248 valence electrons. The predicted molar refractivity (Wildman–Crippen MR) is 173 cm³/mol. The van der Waals surface area contributed by atoms with Crippen molar-refractivity contribution in [3.05, 3.63) is 95.7 Å². The van der Waals surface area contributed by atoms with Crippen LogP contribution in [0.4, 0.5) is 5.82 Å². The van der Waals surface area contributed by atoms with Crippen molar-refractivity contribution in [2.45, 2.75) is 64.2 Å². The summed E-state index contributed by atoms with van der Waals surface area (Å²) < 4.78 is 40.8. The molecule has 5 aromatic rings. The van der Waals surface area contributed by atoms with E-state index in [-0.39, 0.29) is 41.5 Å². The summed E-state index contributed by atoms with van der Waals surface area (Å²) in [5.41, 5.74) is 2.84. The molecule has 15 heteroatoms. The van der Waals surface area contributed by atoms with Gasteiger partial charge in [0.05, 0.1) is 18.6 Å². The second-order valence-electron chi connectivity index (χ2n) is 11.9. The van der Waals surface area contributed by atoms with Gasteiger partial charge in [-0.1, -0.05) is 86.6 Å². The summed E-state index contributed by atoms with van der Waals surface area (Å²) in [4.78, 5) is 18.1. The van der Waals surface area contributed by atoms with Crippen molar-refractivity contribution < 1.29 is 27.9 Å². The van der Waals surface area contributed by atoms with Gasteiger partial charge in [0, 0.05) is 18.9 Å². The summed E-state index contributed by atoms with van der Waals surface area (Å²) in [6.45, 7) is 5.77. The molecule has 0 amide bonds. The number of aliphatic hydroxyl groups excluding tert-OH is 2. The van der Waals surface area contributed by atoms with E-state index < -0.39 is 34.6 Å². The molecular weight excluding hydrogens is 624 g/mol. The van der Waals surface area contributed by atoms with Crippen LogP contribution >= 0.6 is 0 Å². The molecule has 1 saturated heterocycles. The highest BCUT2D eigenvalue weighted by Crippen LogP contribution is 2.39. The van der Waals surface area contributed by atoms with Gasteiger partial charge in [-0.2, -0.15) is 4.98 Å². The van der Waals surface area contributed by atoms with E-state index in [1.54, 1.807) is 0 Å². The van der Waals surface area contributed by atoms with Crippen LogP contribution in [0.3, 0.4) is 0 Å². The molecule has 4 unspecified atom stereocenters. The number of aliphatic hydroxyl groups is 2. The summed E-state index contributed by atoms with van der Waals surface area (Å²) in [6, 6.07) is 20.1. The van der Waals surface area contributed by atoms with Crippen LogP contribution in [-0.2, 0) is 27.7 Å². The minimum Gasteiger partial charge on any atom is -0.387 e. The molecule has 2 aromatic carbocycles. The molecule has 3 aromatic heterocycles. The van der Waals surface area contributed by atoms with Crippen molar-refractivity contribution in [3.8, 4) is 0 Å². The summed E-state index contributed by atoms with van der Waals surface area (Å²) in [5, 5.41) is 29.3. The monoisotopic (exact) mass is 662 g/mol. The molecule has 1 aliphatic heterocycles. The Labute approximate surface area is 272 Å². The molecule has 1 aliphatic rings. The van der Waals surface area contributed by atoms with Gasteiger partial charge in [-0.05, 0) is 17.0 Å². The number of aryl methyl sites for hydroxylation is 1. The molecule has 0 bridgehead atoms.